The van der Waals surface area contributed by atoms with Crippen molar-refractivity contribution in [2.24, 2.45) is 5.41 Å². The predicted molar refractivity (Wildman–Crippen MR) is 77.5 cm³/mol. The van der Waals surface area contributed by atoms with Crippen LogP contribution < -0.4 is 5.73 Å². The molecule has 1 aliphatic heterocycles. The van der Waals surface area contributed by atoms with Crippen LogP contribution in [0.3, 0.4) is 0 Å². The van der Waals surface area contributed by atoms with E-state index < -0.39 is 0 Å². The zero-order chi connectivity index (χ0) is 13.3. The van der Waals surface area contributed by atoms with Crippen molar-refractivity contribution in [2.75, 3.05) is 18.8 Å². The van der Waals surface area contributed by atoms with E-state index in [1.54, 1.807) is 6.07 Å². The largest absolute Gasteiger partial charge is 0.398 e. The lowest BCUT2D eigenvalue weighted by atomic mass is 9.82. The molecule has 1 amide bonds. The highest BCUT2D eigenvalue weighted by molar-refractivity contribution is 9.10. The number of halogens is 1. The van der Waals surface area contributed by atoms with Crippen LogP contribution in [0.25, 0.3) is 0 Å². The van der Waals surface area contributed by atoms with Gasteiger partial charge in [0.2, 0.25) is 0 Å². The van der Waals surface area contributed by atoms with E-state index in [1.807, 2.05) is 17.0 Å². The fraction of sp³-hybridized carbons (Fsp3) is 0.500. The first-order chi connectivity index (χ1) is 8.39. The summed E-state index contributed by atoms with van der Waals surface area (Å²) in [6, 6.07) is 5.39. The molecule has 0 atom stereocenters. The van der Waals surface area contributed by atoms with E-state index in [9.17, 15) is 4.79 Å². The van der Waals surface area contributed by atoms with Crippen molar-refractivity contribution in [3.05, 3.63) is 28.2 Å². The van der Waals surface area contributed by atoms with E-state index in [-0.39, 0.29) is 5.91 Å². The molecule has 0 radical (unpaired) electrons. The van der Waals surface area contributed by atoms with E-state index in [2.05, 4.69) is 29.8 Å². The number of nitrogens with zero attached hydrogens (tertiary/aromatic N) is 1. The number of hydrogen-bond donors (Lipinski definition) is 1. The van der Waals surface area contributed by atoms with Gasteiger partial charge in [-0.15, -0.1) is 0 Å². The van der Waals surface area contributed by atoms with Crippen LogP contribution in [0, 0.1) is 5.41 Å². The maximum atomic E-state index is 12.3. The number of rotatable bonds is 1. The van der Waals surface area contributed by atoms with Gasteiger partial charge in [-0.3, -0.25) is 4.79 Å². The average Bonchev–Trinajstić information content (AvgIpc) is 2.32. The maximum absolute atomic E-state index is 12.3. The predicted octanol–water partition coefficient (Wildman–Crippen LogP) is 3.29. The molecule has 2 N–H and O–H groups in total. The third-order valence-electron chi connectivity index (χ3n) is 3.65. The van der Waals surface area contributed by atoms with Gasteiger partial charge in [0.25, 0.3) is 5.91 Å². The molecule has 0 spiro atoms. The molecule has 2 rings (SSSR count). The second-order valence-corrected chi connectivity index (χ2v) is 6.55. The molecule has 0 aromatic heterocycles. The minimum atomic E-state index is 0.0877. The number of anilines is 1. The lowest BCUT2D eigenvalue weighted by molar-refractivity contribution is 0.0630. The van der Waals surface area contributed by atoms with E-state index in [0.717, 1.165) is 30.4 Å². The molecule has 98 valence electrons. The fourth-order valence-corrected chi connectivity index (χ4v) is 2.42. The summed E-state index contributed by atoms with van der Waals surface area (Å²) in [4.78, 5) is 14.3. The zero-order valence-corrected chi connectivity index (χ0v) is 12.5. The molecule has 1 aromatic carbocycles. The molecule has 0 aliphatic carbocycles. The molecule has 1 aromatic rings. The highest BCUT2D eigenvalue weighted by atomic mass is 79.9. The Morgan fingerprint density at radius 3 is 2.50 bits per heavy atom. The van der Waals surface area contributed by atoms with Gasteiger partial charge in [0, 0.05) is 28.8 Å². The van der Waals surface area contributed by atoms with Crippen LogP contribution in [0.5, 0.6) is 0 Å². The smallest absolute Gasteiger partial charge is 0.253 e. The molecule has 0 unspecified atom stereocenters. The zero-order valence-electron chi connectivity index (χ0n) is 10.9. The average molecular weight is 311 g/mol. The van der Waals surface area contributed by atoms with Crippen molar-refractivity contribution < 1.29 is 4.79 Å². The number of piperidine rings is 1. The Bertz CT molecular complexity index is 461. The second-order valence-electron chi connectivity index (χ2n) is 5.69. The molecule has 0 saturated carbocycles. The number of benzene rings is 1. The molecule has 4 heteroatoms. The Morgan fingerprint density at radius 2 is 1.94 bits per heavy atom. The molecular weight excluding hydrogens is 292 g/mol. The lowest BCUT2D eigenvalue weighted by Gasteiger charge is -2.37. The van der Waals surface area contributed by atoms with Crippen LogP contribution in [0.15, 0.2) is 22.7 Å². The van der Waals surface area contributed by atoms with Crippen molar-refractivity contribution >= 4 is 27.5 Å². The maximum Gasteiger partial charge on any atom is 0.253 e. The van der Waals surface area contributed by atoms with Gasteiger partial charge >= 0.3 is 0 Å². The highest BCUT2D eigenvalue weighted by Gasteiger charge is 2.28. The molecule has 1 aliphatic rings. The number of amides is 1. The number of carbonyl (C=O) groups is 1. The summed E-state index contributed by atoms with van der Waals surface area (Å²) in [7, 11) is 0. The van der Waals surface area contributed by atoms with Gasteiger partial charge in [0.15, 0.2) is 0 Å². The minimum Gasteiger partial charge on any atom is -0.398 e. The Hall–Kier alpha value is -1.03. The summed E-state index contributed by atoms with van der Waals surface area (Å²) in [5.74, 6) is 0.0877. The first-order valence-electron chi connectivity index (χ1n) is 6.23. The monoisotopic (exact) mass is 310 g/mol. The lowest BCUT2D eigenvalue weighted by Crippen LogP contribution is -2.41. The molecule has 1 saturated heterocycles. The van der Waals surface area contributed by atoms with Crippen LogP contribution in [0.1, 0.15) is 37.0 Å². The summed E-state index contributed by atoms with van der Waals surface area (Å²) < 4.78 is 0.832. The van der Waals surface area contributed by atoms with Crippen molar-refractivity contribution in [2.45, 2.75) is 26.7 Å². The topological polar surface area (TPSA) is 46.3 Å². The van der Waals surface area contributed by atoms with Crippen LogP contribution in [0.2, 0.25) is 0 Å². The minimum absolute atomic E-state index is 0.0877. The third-order valence-corrected chi connectivity index (χ3v) is 4.37. The standard InChI is InChI=1S/C14H19BrN2O/c1-14(2)5-7-17(8-6-14)13(18)10-3-4-11(15)12(16)9-10/h3-4,9H,5-8,16H2,1-2H3. The number of nitrogen functional groups attached to an aromatic ring is 1. The number of carbonyl (C=O) groups excluding carboxylic acids is 1. The van der Waals surface area contributed by atoms with Crippen molar-refractivity contribution in [1.29, 1.82) is 0 Å². The number of nitrogens with two attached hydrogens (primary N) is 1. The van der Waals surface area contributed by atoms with Crippen LogP contribution in [0.4, 0.5) is 5.69 Å². The van der Waals surface area contributed by atoms with Crippen LogP contribution in [-0.4, -0.2) is 23.9 Å². The van der Waals surface area contributed by atoms with Gasteiger partial charge in [-0.25, -0.2) is 0 Å². The second kappa shape index (κ2) is 4.92. The van der Waals surface area contributed by atoms with E-state index >= 15 is 0 Å². The Labute approximate surface area is 116 Å². The summed E-state index contributed by atoms with van der Waals surface area (Å²) in [6.07, 6.45) is 2.12. The van der Waals surface area contributed by atoms with Crippen LogP contribution in [-0.2, 0) is 0 Å². The quantitative estimate of drug-likeness (QED) is 0.809. The van der Waals surface area contributed by atoms with Gasteiger partial charge in [-0.1, -0.05) is 13.8 Å². The Balaban J connectivity index is 2.10. The normalized spacial score (nSPS) is 18.7. The molecule has 1 fully saturated rings. The Kier molecular flexibility index (Phi) is 3.66. The third kappa shape index (κ3) is 2.86. The van der Waals surface area contributed by atoms with E-state index in [4.69, 9.17) is 5.73 Å². The van der Waals surface area contributed by atoms with Gasteiger partial charge in [0.05, 0.1) is 0 Å². The first-order valence-corrected chi connectivity index (χ1v) is 7.03. The number of likely N-dealkylation sites (tertiary alicyclic amines) is 1. The van der Waals surface area contributed by atoms with Crippen molar-refractivity contribution in [1.82, 2.24) is 4.90 Å². The SMILES string of the molecule is CC1(C)CCN(C(=O)c2ccc(Br)c(N)c2)CC1. The van der Waals surface area contributed by atoms with Crippen LogP contribution >= 0.6 is 15.9 Å². The number of hydrogen-bond acceptors (Lipinski definition) is 2. The van der Waals surface area contributed by atoms with Gasteiger partial charge < -0.3 is 10.6 Å². The van der Waals surface area contributed by atoms with Gasteiger partial charge in [0.1, 0.15) is 0 Å². The summed E-state index contributed by atoms with van der Waals surface area (Å²) >= 11 is 3.34. The summed E-state index contributed by atoms with van der Waals surface area (Å²) in [6.45, 7) is 6.18. The van der Waals surface area contributed by atoms with Crippen molar-refractivity contribution in [3.63, 3.8) is 0 Å². The van der Waals surface area contributed by atoms with Crippen molar-refractivity contribution in [3.8, 4) is 0 Å². The molecule has 1 heterocycles. The summed E-state index contributed by atoms with van der Waals surface area (Å²) in [5.41, 5.74) is 7.46. The van der Waals surface area contributed by atoms with E-state index in [0.29, 0.717) is 16.7 Å². The summed E-state index contributed by atoms with van der Waals surface area (Å²) in [5, 5.41) is 0. The molecular formula is C14H19BrN2O. The van der Waals surface area contributed by atoms with Gasteiger partial charge in [-0.2, -0.15) is 0 Å². The van der Waals surface area contributed by atoms with E-state index in [1.165, 1.54) is 0 Å². The van der Waals surface area contributed by atoms with Gasteiger partial charge in [-0.05, 0) is 52.4 Å². The fourth-order valence-electron chi connectivity index (χ4n) is 2.17. The highest BCUT2D eigenvalue weighted by Crippen LogP contribution is 2.30. The first kappa shape index (κ1) is 13.4. The Morgan fingerprint density at radius 1 is 1.33 bits per heavy atom. The molecule has 3 nitrogen and oxygen atoms in total. The molecule has 18 heavy (non-hydrogen) atoms. The molecule has 0 bridgehead atoms.